The molecule has 2 aromatic carbocycles. The average Bonchev–Trinajstić information content (AvgIpc) is 2.97. The van der Waals surface area contributed by atoms with Gasteiger partial charge in [0.1, 0.15) is 0 Å². The zero-order valence-corrected chi connectivity index (χ0v) is 11.4. The Labute approximate surface area is 121 Å². The van der Waals surface area contributed by atoms with E-state index in [4.69, 9.17) is 0 Å². The topological polar surface area (TPSA) is 12.0 Å². The molecule has 0 bridgehead atoms. The van der Waals surface area contributed by atoms with Crippen molar-refractivity contribution in [2.45, 2.75) is 31.1 Å². The lowest BCUT2D eigenvalue weighted by atomic mass is 10.0. The predicted molar refractivity (Wildman–Crippen MR) is 75.7 cm³/mol. The molecule has 1 heterocycles. The molecule has 1 fully saturated rings. The van der Waals surface area contributed by atoms with Crippen LogP contribution in [0.3, 0.4) is 0 Å². The SMILES string of the molecule is FC(F)(F)c1ccc(C2CCC(c3ccccc3)N2)cc1. The van der Waals surface area contributed by atoms with Crippen LogP contribution < -0.4 is 5.32 Å². The first kappa shape index (κ1) is 14.1. The van der Waals surface area contributed by atoms with Gasteiger partial charge in [0.15, 0.2) is 0 Å². The first-order valence-electron chi connectivity index (χ1n) is 7.02. The molecule has 0 spiro atoms. The zero-order valence-electron chi connectivity index (χ0n) is 11.4. The second kappa shape index (κ2) is 5.53. The Bertz CT molecular complexity index is 590. The molecule has 0 aromatic heterocycles. The van der Waals surface area contributed by atoms with Gasteiger partial charge in [-0.05, 0) is 36.1 Å². The molecule has 1 aliphatic heterocycles. The van der Waals surface area contributed by atoms with Gasteiger partial charge in [-0.3, -0.25) is 0 Å². The van der Waals surface area contributed by atoms with E-state index in [-0.39, 0.29) is 12.1 Å². The molecule has 1 saturated heterocycles. The third kappa shape index (κ3) is 3.10. The summed E-state index contributed by atoms with van der Waals surface area (Å²) in [6.07, 6.45) is -2.34. The molecule has 1 nitrogen and oxygen atoms in total. The van der Waals surface area contributed by atoms with Crippen molar-refractivity contribution in [3.63, 3.8) is 0 Å². The number of hydrogen-bond donors (Lipinski definition) is 1. The van der Waals surface area contributed by atoms with Crippen molar-refractivity contribution < 1.29 is 13.2 Å². The van der Waals surface area contributed by atoms with Gasteiger partial charge in [0, 0.05) is 12.1 Å². The van der Waals surface area contributed by atoms with Crippen LogP contribution in [-0.4, -0.2) is 0 Å². The van der Waals surface area contributed by atoms with Gasteiger partial charge < -0.3 is 5.32 Å². The summed E-state index contributed by atoms with van der Waals surface area (Å²) in [4.78, 5) is 0. The van der Waals surface area contributed by atoms with Crippen LogP contribution in [0.5, 0.6) is 0 Å². The van der Waals surface area contributed by atoms with Crippen molar-refractivity contribution in [3.8, 4) is 0 Å². The van der Waals surface area contributed by atoms with Gasteiger partial charge in [-0.1, -0.05) is 42.5 Å². The first-order chi connectivity index (χ1) is 10.0. The molecule has 21 heavy (non-hydrogen) atoms. The van der Waals surface area contributed by atoms with Gasteiger partial charge in [-0.25, -0.2) is 0 Å². The number of halogens is 3. The molecule has 0 aliphatic carbocycles. The van der Waals surface area contributed by atoms with Gasteiger partial charge in [0.2, 0.25) is 0 Å². The highest BCUT2D eigenvalue weighted by Gasteiger charge is 2.31. The molecule has 1 N–H and O–H groups in total. The quantitative estimate of drug-likeness (QED) is 0.832. The molecular formula is C17H16F3N. The number of rotatable bonds is 2. The molecule has 2 atom stereocenters. The lowest BCUT2D eigenvalue weighted by Gasteiger charge is -2.16. The second-order valence-corrected chi connectivity index (χ2v) is 5.38. The normalized spacial score (nSPS) is 22.4. The summed E-state index contributed by atoms with van der Waals surface area (Å²) >= 11 is 0. The fourth-order valence-corrected chi connectivity index (χ4v) is 2.86. The molecular weight excluding hydrogens is 275 g/mol. The van der Waals surface area contributed by atoms with Crippen LogP contribution in [0, 0.1) is 0 Å². The van der Waals surface area contributed by atoms with Crippen LogP contribution >= 0.6 is 0 Å². The Morgan fingerprint density at radius 3 is 1.81 bits per heavy atom. The van der Waals surface area contributed by atoms with Crippen LogP contribution in [0.15, 0.2) is 54.6 Å². The van der Waals surface area contributed by atoms with Crippen molar-refractivity contribution in [3.05, 3.63) is 71.3 Å². The van der Waals surface area contributed by atoms with E-state index in [2.05, 4.69) is 17.4 Å². The number of alkyl halides is 3. The summed E-state index contributed by atoms with van der Waals surface area (Å²) in [5, 5.41) is 3.50. The van der Waals surface area contributed by atoms with Crippen molar-refractivity contribution in [2.75, 3.05) is 0 Å². The summed E-state index contributed by atoms with van der Waals surface area (Å²) in [7, 11) is 0. The number of hydrogen-bond acceptors (Lipinski definition) is 1. The maximum atomic E-state index is 12.6. The third-order valence-electron chi connectivity index (χ3n) is 3.99. The third-order valence-corrected chi connectivity index (χ3v) is 3.99. The van der Waals surface area contributed by atoms with Crippen molar-refractivity contribution in [1.29, 1.82) is 0 Å². The first-order valence-corrected chi connectivity index (χ1v) is 7.02. The van der Waals surface area contributed by atoms with Crippen LogP contribution in [0.25, 0.3) is 0 Å². The van der Waals surface area contributed by atoms with Crippen LogP contribution in [0.2, 0.25) is 0 Å². The monoisotopic (exact) mass is 291 g/mol. The van der Waals surface area contributed by atoms with E-state index >= 15 is 0 Å². The molecule has 0 saturated carbocycles. The average molecular weight is 291 g/mol. The fourth-order valence-electron chi connectivity index (χ4n) is 2.86. The second-order valence-electron chi connectivity index (χ2n) is 5.38. The van der Waals surface area contributed by atoms with E-state index in [1.54, 1.807) is 12.1 Å². The van der Waals surface area contributed by atoms with Crippen LogP contribution in [0.1, 0.15) is 41.6 Å². The van der Waals surface area contributed by atoms with Gasteiger partial charge in [-0.2, -0.15) is 13.2 Å². The Balaban J connectivity index is 1.72. The minimum atomic E-state index is -4.27. The molecule has 3 rings (SSSR count). The van der Waals surface area contributed by atoms with Crippen molar-refractivity contribution >= 4 is 0 Å². The highest BCUT2D eigenvalue weighted by Crippen LogP contribution is 2.36. The highest BCUT2D eigenvalue weighted by molar-refractivity contribution is 5.29. The molecule has 2 unspecified atom stereocenters. The lowest BCUT2D eigenvalue weighted by Crippen LogP contribution is -2.17. The Morgan fingerprint density at radius 2 is 1.29 bits per heavy atom. The van der Waals surface area contributed by atoms with Gasteiger partial charge in [0.25, 0.3) is 0 Å². The minimum Gasteiger partial charge on any atom is -0.303 e. The Morgan fingerprint density at radius 1 is 0.762 bits per heavy atom. The maximum Gasteiger partial charge on any atom is 0.416 e. The summed E-state index contributed by atoms with van der Waals surface area (Å²) < 4.78 is 37.7. The Kier molecular flexibility index (Phi) is 3.72. The summed E-state index contributed by atoms with van der Waals surface area (Å²) in [5.74, 6) is 0. The van der Waals surface area contributed by atoms with E-state index < -0.39 is 11.7 Å². The largest absolute Gasteiger partial charge is 0.416 e. The van der Waals surface area contributed by atoms with Crippen molar-refractivity contribution in [1.82, 2.24) is 5.32 Å². The molecule has 4 heteroatoms. The van der Waals surface area contributed by atoms with Crippen LogP contribution in [-0.2, 0) is 6.18 Å². The fraction of sp³-hybridized carbons (Fsp3) is 0.294. The molecule has 2 aromatic rings. The number of benzene rings is 2. The molecule has 0 amide bonds. The van der Waals surface area contributed by atoms with E-state index in [0.29, 0.717) is 0 Å². The molecule has 110 valence electrons. The summed E-state index contributed by atoms with van der Waals surface area (Å²) in [6, 6.07) is 16.0. The zero-order chi connectivity index (χ0) is 14.9. The maximum absolute atomic E-state index is 12.6. The highest BCUT2D eigenvalue weighted by atomic mass is 19.4. The van der Waals surface area contributed by atoms with Gasteiger partial charge in [-0.15, -0.1) is 0 Å². The predicted octanol–water partition coefficient (Wildman–Crippen LogP) is 4.87. The minimum absolute atomic E-state index is 0.123. The van der Waals surface area contributed by atoms with Gasteiger partial charge in [0.05, 0.1) is 5.56 Å². The summed E-state index contributed by atoms with van der Waals surface area (Å²) in [5.41, 5.74) is 1.55. The molecule has 1 aliphatic rings. The van der Waals surface area contributed by atoms with E-state index in [0.717, 1.165) is 30.5 Å². The van der Waals surface area contributed by atoms with Gasteiger partial charge >= 0.3 is 6.18 Å². The van der Waals surface area contributed by atoms with Crippen LogP contribution in [0.4, 0.5) is 13.2 Å². The lowest BCUT2D eigenvalue weighted by molar-refractivity contribution is -0.137. The van der Waals surface area contributed by atoms with E-state index in [9.17, 15) is 13.2 Å². The summed E-state index contributed by atoms with van der Waals surface area (Å²) in [6.45, 7) is 0. The van der Waals surface area contributed by atoms with Crippen molar-refractivity contribution in [2.24, 2.45) is 0 Å². The van der Waals surface area contributed by atoms with E-state index in [1.165, 1.54) is 5.56 Å². The smallest absolute Gasteiger partial charge is 0.303 e. The standard InChI is InChI=1S/C17H16F3N/c18-17(19,20)14-8-6-13(7-9-14)16-11-10-15(21-16)12-4-2-1-3-5-12/h1-9,15-16,21H,10-11H2. The van der Waals surface area contributed by atoms with E-state index in [1.807, 2.05) is 18.2 Å². The number of nitrogens with one attached hydrogen (secondary N) is 1. The molecule has 0 radical (unpaired) electrons. The Hall–Kier alpha value is -1.81.